The van der Waals surface area contributed by atoms with Gasteiger partial charge in [-0.2, -0.15) is 0 Å². The summed E-state index contributed by atoms with van der Waals surface area (Å²) in [4.78, 5) is 0. The highest BCUT2D eigenvalue weighted by atomic mass is 16.5. The standard InChI is InChI=1S/C10H23NO2.H2/c1-3-5-7-12-9-10-13-8-6-11-4-2;/h11H,3-10H2,1-2H3;1H. The minimum absolute atomic E-state index is 0. The molecule has 0 radical (unpaired) electrons. The van der Waals surface area contributed by atoms with Crippen molar-refractivity contribution < 1.29 is 10.9 Å². The van der Waals surface area contributed by atoms with Crippen LogP contribution >= 0.6 is 0 Å². The van der Waals surface area contributed by atoms with Crippen molar-refractivity contribution in [3.8, 4) is 0 Å². The fourth-order valence-electron chi connectivity index (χ4n) is 0.889. The van der Waals surface area contributed by atoms with E-state index in [0.29, 0.717) is 0 Å². The Balaban J connectivity index is 0. The van der Waals surface area contributed by atoms with Crippen molar-refractivity contribution in [3.63, 3.8) is 0 Å². The Kier molecular flexibility index (Phi) is 11.8. The van der Waals surface area contributed by atoms with Crippen LogP contribution < -0.4 is 5.32 Å². The summed E-state index contributed by atoms with van der Waals surface area (Å²) in [5, 5.41) is 3.19. The largest absolute Gasteiger partial charge is 0.379 e. The molecule has 0 unspecified atom stereocenters. The fraction of sp³-hybridized carbons (Fsp3) is 1.00. The quantitative estimate of drug-likeness (QED) is 0.533. The third-order valence-corrected chi connectivity index (χ3v) is 1.69. The Morgan fingerprint density at radius 2 is 1.69 bits per heavy atom. The lowest BCUT2D eigenvalue weighted by Crippen LogP contribution is -2.20. The SMILES string of the molecule is CCCCOCCOCCNCC.[HH]. The zero-order valence-electron chi connectivity index (χ0n) is 8.97. The zero-order chi connectivity index (χ0) is 9.78. The van der Waals surface area contributed by atoms with E-state index < -0.39 is 0 Å². The lowest BCUT2D eigenvalue weighted by molar-refractivity contribution is 0.0479. The van der Waals surface area contributed by atoms with Crippen LogP contribution in [0.1, 0.15) is 28.1 Å². The molecule has 0 saturated carbocycles. The highest BCUT2D eigenvalue weighted by Crippen LogP contribution is 1.87. The predicted molar refractivity (Wildman–Crippen MR) is 57.2 cm³/mol. The van der Waals surface area contributed by atoms with Crippen molar-refractivity contribution in [1.82, 2.24) is 5.32 Å². The van der Waals surface area contributed by atoms with Gasteiger partial charge in [-0.05, 0) is 13.0 Å². The minimum Gasteiger partial charge on any atom is -0.379 e. The molecule has 0 aromatic heterocycles. The maximum absolute atomic E-state index is 5.34. The van der Waals surface area contributed by atoms with Gasteiger partial charge in [-0.1, -0.05) is 20.3 Å². The normalized spacial score (nSPS) is 10.6. The molecule has 0 aliphatic heterocycles. The molecule has 0 saturated heterocycles. The molecule has 0 bridgehead atoms. The Bertz CT molecular complexity index is 84.2. The first kappa shape index (κ1) is 12.9. The van der Waals surface area contributed by atoms with E-state index in [1.54, 1.807) is 0 Å². The number of rotatable bonds is 10. The van der Waals surface area contributed by atoms with Crippen LogP contribution in [-0.4, -0.2) is 39.5 Å². The van der Waals surface area contributed by atoms with Gasteiger partial charge >= 0.3 is 0 Å². The molecule has 0 heterocycles. The molecule has 1 N–H and O–H groups in total. The lowest BCUT2D eigenvalue weighted by Gasteiger charge is -2.05. The van der Waals surface area contributed by atoms with Gasteiger partial charge in [0, 0.05) is 14.6 Å². The van der Waals surface area contributed by atoms with Gasteiger partial charge in [0.25, 0.3) is 0 Å². The minimum atomic E-state index is 0. The van der Waals surface area contributed by atoms with Gasteiger partial charge in [-0.25, -0.2) is 0 Å². The van der Waals surface area contributed by atoms with E-state index in [2.05, 4.69) is 19.2 Å². The number of ether oxygens (including phenoxy) is 2. The van der Waals surface area contributed by atoms with E-state index in [4.69, 9.17) is 9.47 Å². The highest BCUT2D eigenvalue weighted by Gasteiger charge is 1.89. The van der Waals surface area contributed by atoms with E-state index in [9.17, 15) is 0 Å². The van der Waals surface area contributed by atoms with Crippen LogP contribution in [0.2, 0.25) is 0 Å². The molecular weight excluding hydrogens is 166 g/mol. The lowest BCUT2D eigenvalue weighted by atomic mass is 10.4. The third kappa shape index (κ3) is 11.9. The first-order valence-electron chi connectivity index (χ1n) is 5.28. The van der Waals surface area contributed by atoms with Crippen molar-refractivity contribution in [2.24, 2.45) is 0 Å². The monoisotopic (exact) mass is 191 g/mol. The molecule has 0 atom stereocenters. The topological polar surface area (TPSA) is 30.5 Å². The van der Waals surface area contributed by atoms with Crippen LogP contribution in [0, 0.1) is 0 Å². The van der Waals surface area contributed by atoms with Crippen LogP contribution in [0.15, 0.2) is 0 Å². The molecule has 0 aliphatic carbocycles. The Morgan fingerprint density at radius 3 is 2.31 bits per heavy atom. The molecule has 0 aromatic carbocycles. The summed E-state index contributed by atoms with van der Waals surface area (Å²) >= 11 is 0. The highest BCUT2D eigenvalue weighted by molar-refractivity contribution is 4.40. The predicted octanol–water partition coefficient (Wildman–Crippen LogP) is 1.68. The molecule has 3 heteroatoms. The van der Waals surface area contributed by atoms with Gasteiger partial charge in [0.2, 0.25) is 0 Å². The van der Waals surface area contributed by atoms with E-state index >= 15 is 0 Å². The number of hydrogen-bond acceptors (Lipinski definition) is 3. The second-order valence-electron chi connectivity index (χ2n) is 2.93. The number of nitrogens with one attached hydrogen (secondary N) is 1. The summed E-state index contributed by atoms with van der Waals surface area (Å²) in [6.07, 6.45) is 2.35. The van der Waals surface area contributed by atoms with Crippen LogP contribution in [-0.2, 0) is 9.47 Å². The molecule has 13 heavy (non-hydrogen) atoms. The van der Waals surface area contributed by atoms with Crippen molar-refractivity contribution in [1.29, 1.82) is 0 Å². The summed E-state index contributed by atoms with van der Waals surface area (Å²) < 4.78 is 10.7. The van der Waals surface area contributed by atoms with Crippen molar-refractivity contribution in [2.75, 3.05) is 39.5 Å². The van der Waals surface area contributed by atoms with E-state index in [1.807, 2.05) is 0 Å². The van der Waals surface area contributed by atoms with E-state index in [0.717, 1.165) is 45.9 Å². The molecule has 0 spiro atoms. The Hall–Kier alpha value is -0.120. The van der Waals surface area contributed by atoms with Gasteiger partial charge in [-0.15, -0.1) is 0 Å². The van der Waals surface area contributed by atoms with E-state index in [-0.39, 0.29) is 1.43 Å². The maximum atomic E-state index is 5.34. The van der Waals surface area contributed by atoms with Crippen LogP contribution in [0.5, 0.6) is 0 Å². The molecule has 0 aromatic rings. The van der Waals surface area contributed by atoms with Gasteiger partial charge in [0.15, 0.2) is 0 Å². The molecule has 0 amide bonds. The average Bonchev–Trinajstić information content (AvgIpc) is 2.16. The zero-order valence-corrected chi connectivity index (χ0v) is 8.97. The van der Waals surface area contributed by atoms with E-state index in [1.165, 1.54) is 6.42 Å². The summed E-state index contributed by atoms with van der Waals surface area (Å²) in [5.74, 6) is 0. The van der Waals surface area contributed by atoms with Crippen molar-refractivity contribution in [3.05, 3.63) is 0 Å². The summed E-state index contributed by atoms with van der Waals surface area (Å²) in [7, 11) is 0. The molecule has 0 rings (SSSR count). The van der Waals surface area contributed by atoms with Crippen LogP contribution in [0.4, 0.5) is 0 Å². The molecule has 0 fully saturated rings. The van der Waals surface area contributed by atoms with Gasteiger partial charge in [-0.3, -0.25) is 0 Å². The molecule has 82 valence electrons. The number of hydrogen-bond donors (Lipinski definition) is 1. The second kappa shape index (κ2) is 11.9. The summed E-state index contributed by atoms with van der Waals surface area (Å²) in [5.41, 5.74) is 0. The van der Waals surface area contributed by atoms with Gasteiger partial charge in [0.05, 0.1) is 19.8 Å². The molecule has 3 nitrogen and oxygen atoms in total. The number of unbranched alkanes of at least 4 members (excludes halogenated alkanes) is 1. The molecule has 0 aliphatic rings. The summed E-state index contributed by atoms with van der Waals surface area (Å²) in [6, 6.07) is 0. The van der Waals surface area contributed by atoms with Crippen molar-refractivity contribution in [2.45, 2.75) is 26.7 Å². The van der Waals surface area contributed by atoms with Gasteiger partial charge < -0.3 is 14.8 Å². The van der Waals surface area contributed by atoms with Crippen molar-refractivity contribution >= 4 is 0 Å². The third-order valence-electron chi connectivity index (χ3n) is 1.69. The Morgan fingerprint density at radius 1 is 1.00 bits per heavy atom. The van der Waals surface area contributed by atoms with Crippen LogP contribution in [0.3, 0.4) is 0 Å². The Labute approximate surface area is 83.3 Å². The first-order chi connectivity index (χ1) is 6.41. The summed E-state index contributed by atoms with van der Waals surface area (Å²) in [6.45, 7) is 9.30. The first-order valence-corrected chi connectivity index (χ1v) is 5.28. The smallest absolute Gasteiger partial charge is 0.0701 e. The van der Waals surface area contributed by atoms with Crippen LogP contribution in [0.25, 0.3) is 0 Å². The fourth-order valence-corrected chi connectivity index (χ4v) is 0.889. The maximum Gasteiger partial charge on any atom is 0.0701 e. The number of likely N-dealkylation sites (N-methyl/N-ethyl adjacent to an activating group) is 1. The van der Waals surface area contributed by atoms with Gasteiger partial charge in [0.1, 0.15) is 0 Å². The second-order valence-corrected chi connectivity index (χ2v) is 2.93. The molecular formula is C10H25NO2. The average molecular weight is 191 g/mol.